The van der Waals surface area contributed by atoms with E-state index >= 15 is 0 Å². The molecule has 1 N–H and O–H groups in total. The Morgan fingerprint density at radius 2 is 1.73 bits per heavy atom. The Hall–Kier alpha value is -3.85. The van der Waals surface area contributed by atoms with E-state index in [9.17, 15) is 22.8 Å². The van der Waals surface area contributed by atoms with Crippen molar-refractivity contribution < 1.29 is 32.2 Å². The minimum Gasteiger partial charge on any atom is -0.487 e. The number of rotatable bonds is 6. The Labute approximate surface area is 215 Å². The van der Waals surface area contributed by atoms with Crippen molar-refractivity contribution in [2.24, 2.45) is 0 Å². The molecular formula is C27H22ClF3N2O4. The van der Waals surface area contributed by atoms with Crippen molar-refractivity contribution in [3.8, 4) is 5.75 Å². The molecule has 0 atom stereocenters. The fourth-order valence-corrected chi connectivity index (χ4v) is 4.11. The van der Waals surface area contributed by atoms with Gasteiger partial charge in [0.25, 0.3) is 5.91 Å². The van der Waals surface area contributed by atoms with Crippen molar-refractivity contribution in [2.75, 3.05) is 7.11 Å². The first-order chi connectivity index (χ1) is 17.4. The van der Waals surface area contributed by atoms with E-state index in [1.165, 1.54) is 27.0 Å². The number of esters is 1. The van der Waals surface area contributed by atoms with Crippen molar-refractivity contribution in [1.29, 1.82) is 0 Å². The Morgan fingerprint density at radius 1 is 1.00 bits per heavy atom. The maximum absolute atomic E-state index is 13.2. The van der Waals surface area contributed by atoms with Crippen LogP contribution < -0.4 is 10.1 Å². The van der Waals surface area contributed by atoms with Crippen LogP contribution in [0.25, 0.3) is 21.7 Å². The summed E-state index contributed by atoms with van der Waals surface area (Å²) in [6.45, 7) is 3.03. The fourth-order valence-electron chi connectivity index (χ4n) is 3.86. The van der Waals surface area contributed by atoms with E-state index in [1.807, 2.05) is 12.1 Å². The topological polar surface area (TPSA) is 77.5 Å². The molecule has 1 aromatic heterocycles. The van der Waals surface area contributed by atoms with Gasteiger partial charge in [0.1, 0.15) is 23.6 Å². The minimum absolute atomic E-state index is 0.0119. The normalized spacial score (nSPS) is 12.0. The second kappa shape index (κ2) is 9.89. The number of nitrogens with one attached hydrogen (secondary N) is 1. The molecule has 0 fully saturated rings. The zero-order valence-electron chi connectivity index (χ0n) is 20.1. The molecule has 1 heterocycles. The number of pyridine rings is 1. The molecule has 0 aliphatic rings. The van der Waals surface area contributed by atoms with Crippen LogP contribution in [-0.4, -0.2) is 29.5 Å². The first-order valence-corrected chi connectivity index (χ1v) is 11.5. The molecule has 0 radical (unpaired) electrons. The summed E-state index contributed by atoms with van der Waals surface area (Å²) < 4.78 is 50.1. The molecule has 37 heavy (non-hydrogen) atoms. The van der Waals surface area contributed by atoms with Crippen LogP contribution in [0.15, 0.2) is 60.7 Å². The highest BCUT2D eigenvalue weighted by atomic mass is 35.5. The van der Waals surface area contributed by atoms with Crippen LogP contribution in [-0.2, 0) is 22.3 Å². The van der Waals surface area contributed by atoms with E-state index in [-0.39, 0.29) is 28.5 Å². The number of alkyl halides is 3. The van der Waals surface area contributed by atoms with Crippen LogP contribution in [0, 0.1) is 0 Å². The van der Waals surface area contributed by atoms with E-state index in [2.05, 4.69) is 10.3 Å². The molecule has 0 aliphatic heterocycles. The SMILES string of the molecule is COC(=O)C(C)(C)NC(=O)c1ccc2ccccc2c1OCc1ccc2nc(C(F)(F)F)cc(Cl)c2c1. The highest BCUT2D eigenvalue weighted by Crippen LogP contribution is 2.34. The first kappa shape index (κ1) is 26.2. The summed E-state index contributed by atoms with van der Waals surface area (Å²) >= 11 is 6.13. The van der Waals surface area contributed by atoms with Crippen LogP contribution >= 0.6 is 11.6 Å². The quantitative estimate of drug-likeness (QED) is 0.295. The van der Waals surface area contributed by atoms with Crippen molar-refractivity contribution >= 4 is 45.2 Å². The van der Waals surface area contributed by atoms with Crippen molar-refractivity contribution in [2.45, 2.75) is 32.2 Å². The molecule has 3 aromatic carbocycles. The summed E-state index contributed by atoms with van der Waals surface area (Å²) in [4.78, 5) is 28.9. The third-order valence-corrected chi connectivity index (χ3v) is 6.05. The van der Waals surface area contributed by atoms with Gasteiger partial charge in [0.05, 0.1) is 23.2 Å². The van der Waals surface area contributed by atoms with Crippen LogP contribution in [0.1, 0.15) is 35.5 Å². The van der Waals surface area contributed by atoms with Gasteiger partial charge in [0, 0.05) is 10.8 Å². The molecule has 0 aliphatic carbocycles. The Bertz CT molecular complexity index is 1520. The molecule has 1 amide bonds. The Balaban J connectivity index is 1.68. The van der Waals surface area contributed by atoms with Crippen molar-refractivity contribution in [1.82, 2.24) is 10.3 Å². The number of methoxy groups -OCH3 is 1. The van der Waals surface area contributed by atoms with E-state index in [1.54, 1.807) is 36.4 Å². The average molecular weight is 531 g/mol. The first-order valence-electron chi connectivity index (χ1n) is 11.1. The van der Waals surface area contributed by atoms with E-state index in [4.69, 9.17) is 21.1 Å². The molecule has 4 rings (SSSR count). The predicted octanol–water partition coefficient (Wildman–Crippen LogP) is 6.32. The molecule has 192 valence electrons. The second-order valence-electron chi connectivity index (χ2n) is 8.86. The van der Waals surface area contributed by atoms with Gasteiger partial charge in [-0.3, -0.25) is 4.79 Å². The fraction of sp³-hybridized carbons (Fsp3) is 0.222. The number of benzene rings is 3. The smallest absolute Gasteiger partial charge is 0.433 e. The van der Waals surface area contributed by atoms with Gasteiger partial charge in [0.15, 0.2) is 0 Å². The maximum atomic E-state index is 13.2. The van der Waals surface area contributed by atoms with Gasteiger partial charge in [0.2, 0.25) is 0 Å². The average Bonchev–Trinajstić information content (AvgIpc) is 2.85. The van der Waals surface area contributed by atoms with Gasteiger partial charge >= 0.3 is 12.1 Å². The molecule has 10 heteroatoms. The predicted molar refractivity (Wildman–Crippen MR) is 134 cm³/mol. The number of hydrogen-bond acceptors (Lipinski definition) is 5. The molecular weight excluding hydrogens is 509 g/mol. The Morgan fingerprint density at radius 3 is 2.43 bits per heavy atom. The lowest BCUT2D eigenvalue weighted by atomic mass is 10.0. The van der Waals surface area contributed by atoms with Crippen LogP contribution in [0.4, 0.5) is 13.2 Å². The maximum Gasteiger partial charge on any atom is 0.433 e. The molecule has 0 saturated carbocycles. The number of halogens is 4. The summed E-state index contributed by atoms with van der Waals surface area (Å²) in [6, 6.07) is 16.1. The van der Waals surface area contributed by atoms with Gasteiger partial charge in [-0.1, -0.05) is 48.0 Å². The molecule has 4 aromatic rings. The molecule has 6 nitrogen and oxygen atoms in total. The van der Waals surface area contributed by atoms with Crippen molar-refractivity contribution in [3.05, 3.63) is 82.5 Å². The zero-order valence-corrected chi connectivity index (χ0v) is 20.8. The van der Waals surface area contributed by atoms with E-state index < -0.39 is 29.3 Å². The zero-order chi connectivity index (χ0) is 27.0. The largest absolute Gasteiger partial charge is 0.487 e. The van der Waals surface area contributed by atoms with E-state index in [0.717, 1.165) is 11.5 Å². The minimum atomic E-state index is -4.62. The number of carbonyl (C=O) groups excluding carboxylic acids is 2. The van der Waals surface area contributed by atoms with E-state index in [0.29, 0.717) is 16.3 Å². The third-order valence-electron chi connectivity index (χ3n) is 5.74. The highest BCUT2D eigenvalue weighted by Gasteiger charge is 2.34. The number of carbonyl (C=O) groups is 2. The molecule has 0 unspecified atom stereocenters. The molecule has 0 saturated heterocycles. The lowest BCUT2D eigenvalue weighted by Gasteiger charge is -2.24. The number of hydrogen-bond donors (Lipinski definition) is 1. The van der Waals surface area contributed by atoms with Crippen LogP contribution in [0.2, 0.25) is 5.02 Å². The van der Waals surface area contributed by atoms with Gasteiger partial charge in [-0.2, -0.15) is 13.2 Å². The third kappa shape index (κ3) is 5.46. The van der Waals surface area contributed by atoms with Crippen LogP contribution in [0.5, 0.6) is 5.75 Å². The standard InChI is InChI=1S/C27H22ClF3N2O4/c1-26(2,25(35)36-3)33-24(34)18-10-9-16-6-4-5-7-17(16)23(18)37-14-15-8-11-21-19(12-15)20(28)13-22(32-21)27(29,30)31/h4-13H,14H2,1-3H3,(H,33,34). The number of aromatic nitrogens is 1. The van der Waals surface area contributed by atoms with Crippen LogP contribution in [0.3, 0.4) is 0 Å². The summed E-state index contributed by atoms with van der Waals surface area (Å²) in [5.74, 6) is -0.867. The Kier molecular flexibility index (Phi) is 7.01. The summed E-state index contributed by atoms with van der Waals surface area (Å²) in [5, 5.41) is 4.41. The highest BCUT2D eigenvalue weighted by molar-refractivity contribution is 6.35. The van der Waals surface area contributed by atoms with Gasteiger partial charge in [-0.15, -0.1) is 0 Å². The second-order valence-corrected chi connectivity index (χ2v) is 9.27. The number of fused-ring (bicyclic) bond motifs is 2. The summed E-state index contributed by atoms with van der Waals surface area (Å²) in [7, 11) is 1.23. The summed E-state index contributed by atoms with van der Waals surface area (Å²) in [6.07, 6.45) is -4.62. The monoisotopic (exact) mass is 530 g/mol. The van der Waals surface area contributed by atoms with Gasteiger partial charge in [-0.25, -0.2) is 9.78 Å². The molecule has 0 spiro atoms. The number of nitrogens with zero attached hydrogens (tertiary/aromatic N) is 1. The van der Waals surface area contributed by atoms with Gasteiger partial charge in [-0.05, 0) is 49.1 Å². The lowest BCUT2D eigenvalue weighted by molar-refractivity contribution is -0.146. The van der Waals surface area contributed by atoms with Gasteiger partial charge < -0.3 is 14.8 Å². The lowest BCUT2D eigenvalue weighted by Crippen LogP contribution is -2.50. The number of ether oxygens (including phenoxy) is 2. The number of amides is 1. The summed E-state index contributed by atoms with van der Waals surface area (Å²) in [5.41, 5.74) is -1.46. The van der Waals surface area contributed by atoms with Crippen molar-refractivity contribution in [3.63, 3.8) is 0 Å². The molecule has 0 bridgehead atoms.